The van der Waals surface area contributed by atoms with Gasteiger partial charge in [-0.1, -0.05) is 12.1 Å². The smallest absolute Gasteiger partial charge is 0.221 e. The summed E-state index contributed by atoms with van der Waals surface area (Å²) >= 11 is 0. The number of carbonyl (C=O) groups excluding carboxylic acids is 1. The second-order valence-electron chi connectivity index (χ2n) is 4.66. The molecule has 0 saturated carbocycles. The van der Waals surface area contributed by atoms with E-state index in [9.17, 15) is 4.79 Å². The predicted molar refractivity (Wildman–Crippen MR) is 74.0 cm³/mol. The van der Waals surface area contributed by atoms with Crippen LogP contribution in [0.25, 0.3) is 0 Å². The maximum absolute atomic E-state index is 11.4. The van der Waals surface area contributed by atoms with Gasteiger partial charge in [-0.2, -0.15) is 0 Å². The molecule has 1 saturated heterocycles. The third kappa shape index (κ3) is 3.45. The number of ether oxygens (including phenoxy) is 1. The van der Waals surface area contributed by atoms with Crippen molar-refractivity contribution in [2.45, 2.75) is 12.5 Å². The second kappa shape index (κ2) is 6.54. The summed E-state index contributed by atoms with van der Waals surface area (Å²) in [7, 11) is 1.66. The number of hydrogen-bond donors (Lipinski definition) is 2. The zero-order valence-electron chi connectivity index (χ0n) is 11.3. The lowest BCUT2D eigenvalue weighted by Gasteiger charge is -2.29. The number of nitrogens with zero attached hydrogens (tertiary/aromatic N) is 1. The standard InChI is InChI=1S/C14H21N3O2/c1-19-12-4-2-3-11(9-12)13(10-15)17-7-5-14(18)16-6-8-17/h2-4,9,13H,5-8,10,15H2,1H3,(H,16,18). The van der Waals surface area contributed by atoms with Gasteiger partial charge in [0.25, 0.3) is 0 Å². The van der Waals surface area contributed by atoms with Crippen molar-refractivity contribution in [2.75, 3.05) is 33.3 Å². The average molecular weight is 263 g/mol. The van der Waals surface area contributed by atoms with E-state index in [4.69, 9.17) is 10.5 Å². The number of carbonyl (C=O) groups is 1. The van der Waals surface area contributed by atoms with E-state index in [1.54, 1.807) is 7.11 Å². The highest BCUT2D eigenvalue weighted by Gasteiger charge is 2.22. The first-order chi connectivity index (χ1) is 9.24. The summed E-state index contributed by atoms with van der Waals surface area (Å²) in [5.74, 6) is 0.948. The van der Waals surface area contributed by atoms with E-state index in [2.05, 4.69) is 16.3 Å². The first-order valence-corrected chi connectivity index (χ1v) is 6.59. The molecule has 1 atom stereocenters. The molecule has 1 aromatic rings. The highest BCUT2D eigenvalue weighted by molar-refractivity contribution is 5.76. The fourth-order valence-corrected chi connectivity index (χ4v) is 2.44. The average Bonchev–Trinajstić information content (AvgIpc) is 2.65. The first-order valence-electron chi connectivity index (χ1n) is 6.59. The van der Waals surface area contributed by atoms with E-state index in [0.717, 1.165) is 24.4 Å². The van der Waals surface area contributed by atoms with Gasteiger partial charge in [0, 0.05) is 38.6 Å². The Hall–Kier alpha value is -1.59. The number of methoxy groups -OCH3 is 1. The topological polar surface area (TPSA) is 67.6 Å². The van der Waals surface area contributed by atoms with Gasteiger partial charge < -0.3 is 15.8 Å². The number of nitrogens with one attached hydrogen (secondary N) is 1. The van der Waals surface area contributed by atoms with Gasteiger partial charge in [0.15, 0.2) is 0 Å². The molecule has 1 aliphatic heterocycles. The van der Waals surface area contributed by atoms with E-state index in [1.807, 2.05) is 18.2 Å². The van der Waals surface area contributed by atoms with E-state index >= 15 is 0 Å². The highest BCUT2D eigenvalue weighted by atomic mass is 16.5. The van der Waals surface area contributed by atoms with Crippen molar-refractivity contribution in [2.24, 2.45) is 5.73 Å². The molecule has 1 amide bonds. The van der Waals surface area contributed by atoms with Gasteiger partial charge in [-0.05, 0) is 17.7 Å². The third-order valence-corrected chi connectivity index (χ3v) is 3.49. The molecule has 0 aromatic heterocycles. The van der Waals surface area contributed by atoms with Crippen LogP contribution in [0, 0.1) is 0 Å². The number of hydrogen-bond acceptors (Lipinski definition) is 4. The number of rotatable bonds is 4. The molecule has 5 heteroatoms. The minimum Gasteiger partial charge on any atom is -0.497 e. The fourth-order valence-electron chi connectivity index (χ4n) is 2.44. The molecule has 3 N–H and O–H groups in total. The molecule has 1 fully saturated rings. The summed E-state index contributed by atoms with van der Waals surface area (Å²) in [4.78, 5) is 13.6. The molecule has 0 radical (unpaired) electrons. The summed E-state index contributed by atoms with van der Waals surface area (Å²) < 4.78 is 5.25. The molecule has 0 bridgehead atoms. The van der Waals surface area contributed by atoms with Crippen LogP contribution < -0.4 is 15.8 Å². The number of benzene rings is 1. The Morgan fingerprint density at radius 3 is 3.05 bits per heavy atom. The van der Waals surface area contributed by atoms with Crippen LogP contribution in [0.1, 0.15) is 18.0 Å². The zero-order valence-corrected chi connectivity index (χ0v) is 11.3. The molecule has 19 heavy (non-hydrogen) atoms. The summed E-state index contributed by atoms with van der Waals surface area (Å²) in [6.07, 6.45) is 0.528. The highest BCUT2D eigenvalue weighted by Crippen LogP contribution is 2.24. The Morgan fingerprint density at radius 2 is 2.32 bits per heavy atom. The van der Waals surface area contributed by atoms with Crippen molar-refractivity contribution in [3.05, 3.63) is 29.8 Å². The molecule has 1 heterocycles. The lowest BCUT2D eigenvalue weighted by molar-refractivity contribution is -0.120. The quantitative estimate of drug-likeness (QED) is 0.831. The summed E-state index contributed by atoms with van der Waals surface area (Å²) in [5, 5.41) is 2.88. The van der Waals surface area contributed by atoms with Crippen molar-refractivity contribution in [3.8, 4) is 5.75 Å². The Labute approximate surface area is 113 Å². The summed E-state index contributed by atoms with van der Waals surface area (Å²) in [5.41, 5.74) is 7.06. The first kappa shape index (κ1) is 13.8. The van der Waals surface area contributed by atoms with E-state index < -0.39 is 0 Å². The number of amides is 1. The molecule has 5 nitrogen and oxygen atoms in total. The normalized spacial score (nSPS) is 18.5. The zero-order chi connectivity index (χ0) is 13.7. The van der Waals surface area contributed by atoms with Crippen molar-refractivity contribution in [1.82, 2.24) is 10.2 Å². The molecule has 0 aliphatic carbocycles. The SMILES string of the molecule is COc1cccc(C(CN)N2CCNC(=O)CC2)c1. The van der Waals surface area contributed by atoms with Crippen LogP contribution >= 0.6 is 0 Å². The molecule has 0 spiro atoms. The van der Waals surface area contributed by atoms with Crippen LogP contribution in [0.3, 0.4) is 0 Å². The second-order valence-corrected chi connectivity index (χ2v) is 4.66. The Balaban J connectivity index is 2.15. The van der Waals surface area contributed by atoms with Gasteiger partial charge >= 0.3 is 0 Å². The molecule has 104 valence electrons. The van der Waals surface area contributed by atoms with Crippen LogP contribution in [0.4, 0.5) is 0 Å². The Bertz CT molecular complexity index is 436. The van der Waals surface area contributed by atoms with E-state index in [0.29, 0.717) is 19.5 Å². The molecule has 1 aliphatic rings. The van der Waals surface area contributed by atoms with Crippen molar-refractivity contribution < 1.29 is 9.53 Å². The molecular formula is C14H21N3O2. The summed E-state index contributed by atoms with van der Waals surface area (Å²) in [6, 6.07) is 8.09. The maximum Gasteiger partial charge on any atom is 0.221 e. The maximum atomic E-state index is 11.4. The minimum absolute atomic E-state index is 0.115. The van der Waals surface area contributed by atoms with Crippen LogP contribution in [0.2, 0.25) is 0 Å². The third-order valence-electron chi connectivity index (χ3n) is 3.49. The van der Waals surface area contributed by atoms with Gasteiger partial charge in [-0.15, -0.1) is 0 Å². The van der Waals surface area contributed by atoms with E-state index in [-0.39, 0.29) is 11.9 Å². The van der Waals surface area contributed by atoms with Crippen molar-refractivity contribution in [1.29, 1.82) is 0 Å². The Kier molecular flexibility index (Phi) is 4.76. The molecular weight excluding hydrogens is 242 g/mol. The molecule has 1 unspecified atom stereocenters. The van der Waals surface area contributed by atoms with Gasteiger partial charge in [-0.3, -0.25) is 9.69 Å². The van der Waals surface area contributed by atoms with Crippen molar-refractivity contribution in [3.63, 3.8) is 0 Å². The lowest BCUT2D eigenvalue weighted by Crippen LogP contribution is -2.36. The van der Waals surface area contributed by atoms with E-state index in [1.165, 1.54) is 0 Å². The Morgan fingerprint density at radius 1 is 1.47 bits per heavy atom. The van der Waals surface area contributed by atoms with Crippen molar-refractivity contribution >= 4 is 5.91 Å². The van der Waals surface area contributed by atoms with Crippen LogP contribution in [-0.4, -0.2) is 44.1 Å². The van der Waals surface area contributed by atoms with Gasteiger partial charge in [0.1, 0.15) is 5.75 Å². The van der Waals surface area contributed by atoms with Crippen LogP contribution in [0.15, 0.2) is 24.3 Å². The van der Waals surface area contributed by atoms with Crippen LogP contribution in [0.5, 0.6) is 5.75 Å². The van der Waals surface area contributed by atoms with Gasteiger partial charge in [0.2, 0.25) is 5.91 Å². The monoisotopic (exact) mass is 263 g/mol. The minimum atomic E-state index is 0.115. The number of nitrogens with two attached hydrogens (primary N) is 1. The fraction of sp³-hybridized carbons (Fsp3) is 0.500. The largest absolute Gasteiger partial charge is 0.497 e. The molecule has 2 rings (SSSR count). The van der Waals surface area contributed by atoms with Gasteiger partial charge in [-0.25, -0.2) is 0 Å². The lowest BCUT2D eigenvalue weighted by atomic mass is 10.0. The van der Waals surface area contributed by atoms with Crippen LogP contribution in [-0.2, 0) is 4.79 Å². The van der Waals surface area contributed by atoms with Gasteiger partial charge in [0.05, 0.1) is 7.11 Å². The predicted octanol–water partition coefficient (Wildman–Crippen LogP) is 0.517. The molecule has 1 aromatic carbocycles. The summed E-state index contributed by atoms with van der Waals surface area (Å²) in [6.45, 7) is 2.77.